The summed E-state index contributed by atoms with van der Waals surface area (Å²) in [6.45, 7) is 7.86. The average Bonchev–Trinajstić information content (AvgIpc) is 2.44. The van der Waals surface area contributed by atoms with Crippen molar-refractivity contribution in [1.82, 2.24) is 10.6 Å². The Balaban J connectivity index is 2.13. The Morgan fingerprint density at radius 3 is 2.55 bits per heavy atom. The first-order chi connectivity index (χ1) is 9.69. The molecular formula is C17H23N3. The fourth-order valence-corrected chi connectivity index (χ4v) is 2.10. The lowest BCUT2D eigenvalue weighted by Crippen LogP contribution is -2.40. The summed E-state index contributed by atoms with van der Waals surface area (Å²) < 4.78 is 0. The highest BCUT2D eigenvalue weighted by Gasteiger charge is 2.00. The second kappa shape index (κ2) is 6.94. The molecule has 0 atom stereocenters. The van der Waals surface area contributed by atoms with Gasteiger partial charge >= 0.3 is 0 Å². The first-order valence-electron chi connectivity index (χ1n) is 7.21. The lowest BCUT2D eigenvalue weighted by atomic mass is 10.1. The van der Waals surface area contributed by atoms with E-state index in [0.29, 0.717) is 12.6 Å². The molecule has 0 fully saturated rings. The number of guanidine groups is 1. The Hall–Kier alpha value is -2.03. The number of nitrogens with one attached hydrogen (secondary N) is 2. The lowest BCUT2D eigenvalue weighted by Gasteiger charge is -2.14. The molecule has 0 bridgehead atoms. The molecule has 3 heteroatoms. The standard InChI is InChI=1S/C17H23N3/c1-4-18-17(20-13(2)3)19-12-14-9-10-15-7-5-6-8-16(15)11-14/h5-11,13H,4,12H2,1-3H3,(H2,18,19,20). The number of benzene rings is 2. The van der Waals surface area contributed by atoms with Gasteiger partial charge in [-0.2, -0.15) is 0 Å². The molecule has 106 valence electrons. The zero-order chi connectivity index (χ0) is 14.4. The molecule has 3 nitrogen and oxygen atoms in total. The minimum Gasteiger partial charge on any atom is -0.357 e. The summed E-state index contributed by atoms with van der Waals surface area (Å²) in [6.07, 6.45) is 0. The Morgan fingerprint density at radius 2 is 1.85 bits per heavy atom. The number of nitrogens with zero attached hydrogens (tertiary/aromatic N) is 1. The van der Waals surface area contributed by atoms with Crippen molar-refractivity contribution in [2.45, 2.75) is 33.4 Å². The molecule has 0 spiro atoms. The predicted octanol–water partition coefficient (Wildman–Crippen LogP) is 3.30. The van der Waals surface area contributed by atoms with Crippen LogP contribution in [0.5, 0.6) is 0 Å². The number of aliphatic imine (C=N–C) groups is 1. The smallest absolute Gasteiger partial charge is 0.191 e. The zero-order valence-corrected chi connectivity index (χ0v) is 12.5. The Kier molecular flexibility index (Phi) is 4.99. The molecular weight excluding hydrogens is 246 g/mol. The van der Waals surface area contributed by atoms with Crippen LogP contribution >= 0.6 is 0 Å². The molecule has 0 heterocycles. The highest BCUT2D eigenvalue weighted by Crippen LogP contribution is 2.16. The van der Waals surface area contributed by atoms with Gasteiger partial charge in [0, 0.05) is 12.6 Å². The van der Waals surface area contributed by atoms with Gasteiger partial charge in [0.05, 0.1) is 6.54 Å². The van der Waals surface area contributed by atoms with Gasteiger partial charge in [-0.1, -0.05) is 36.4 Å². The average molecular weight is 269 g/mol. The Bertz CT molecular complexity index is 588. The van der Waals surface area contributed by atoms with Gasteiger partial charge in [0.1, 0.15) is 0 Å². The van der Waals surface area contributed by atoms with E-state index in [-0.39, 0.29) is 0 Å². The fourth-order valence-electron chi connectivity index (χ4n) is 2.10. The van der Waals surface area contributed by atoms with Crippen LogP contribution in [0.2, 0.25) is 0 Å². The molecule has 0 aromatic heterocycles. The van der Waals surface area contributed by atoms with Crippen LogP contribution in [0.1, 0.15) is 26.3 Å². The summed E-state index contributed by atoms with van der Waals surface area (Å²) in [4.78, 5) is 4.63. The van der Waals surface area contributed by atoms with Gasteiger partial charge in [0.2, 0.25) is 0 Å². The Labute approximate surface area is 121 Å². The SMILES string of the molecule is CCNC(=NCc1ccc2ccccc2c1)NC(C)C. The lowest BCUT2D eigenvalue weighted by molar-refractivity contribution is 0.700. The molecule has 0 unspecified atom stereocenters. The topological polar surface area (TPSA) is 36.4 Å². The highest BCUT2D eigenvalue weighted by atomic mass is 15.2. The third-order valence-electron chi connectivity index (χ3n) is 3.00. The van der Waals surface area contributed by atoms with Crippen LogP contribution in [-0.2, 0) is 6.54 Å². The maximum absolute atomic E-state index is 4.63. The third-order valence-corrected chi connectivity index (χ3v) is 3.00. The molecule has 20 heavy (non-hydrogen) atoms. The van der Waals surface area contributed by atoms with Crippen LogP contribution in [0.15, 0.2) is 47.5 Å². The summed E-state index contributed by atoms with van der Waals surface area (Å²) in [5.41, 5.74) is 1.23. The van der Waals surface area contributed by atoms with Gasteiger partial charge in [-0.25, -0.2) is 4.99 Å². The van der Waals surface area contributed by atoms with E-state index in [1.165, 1.54) is 16.3 Å². The Morgan fingerprint density at radius 1 is 1.10 bits per heavy atom. The molecule has 2 aromatic carbocycles. The molecule has 0 aliphatic rings. The van der Waals surface area contributed by atoms with Crippen molar-refractivity contribution in [1.29, 1.82) is 0 Å². The fraction of sp³-hybridized carbons (Fsp3) is 0.353. The largest absolute Gasteiger partial charge is 0.357 e. The van der Waals surface area contributed by atoms with Crippen molar-refractivity contribution < 1.29 is 0 Å². The molecule has 0 saturated carbocycles. The number of hydrogen-bond donors (Lipinski definition) is 2. The molecule has 2 aromatic rings. The minimum atomic E-state index is 0.379. The van der Waals surface area contributed by atoms with Crippen LogP contribution in [0, 0.1) is 0 Å². The number of rotatable bonds is 4. The minimum absolute atomic E-state index is 0.379. The summed E-state index contributed by atoms with van der Waals surface area (Å²) in [6, 6.07) is 15.3. The molecule has 0 aliphatic heterocycles. The van der Waals surface area contributed by atoms with Crippen molar-refractivity contribution in [2.24, 2.45) is 4.99 Å². The second-order valence-corrected chi connectivity index (χ2v) is 5.18. The summed E-state index contributed by atoms with van der Waals surface area (Å²) in [5, 5.41) is 9.12. The van der Waals surface area contributed by atoms with Crippen LogP contribution in [0.3, 0.4) is 0 Å². The monoisotopic (exact) mass is 269 g/mol. The van der Waals surface area contributed by atoms with Gasteiger partial charge in [0.15, 0.2) is 5.96 Å². The molecule has 2 N–H and O–H groups in total. The second-order valence-electron chi connectivity index (χ2n) is 5.18. The third kappa shape index (κ3) is 3.98. The van der Waals surface area contributed by atoms with Gasteiger partial charge in [-0.15, -0.1) is 0 Å². The van der Waals surface area contributed by atoms with Gasteiger partial charge in [0.25, 0.3) is 0 Å². The normalized spacial score (nSPS) is 11.9. The first-order valence-corrected chi connectivity index (χ1v) is 7.21. The van der Waals surface area contributed by atoms with E-state index in [4.69, 9.17) is 0 Å². The van der Waals surface area contributed by atoms with Gasteiger partial charge < -0.3 is 10.6 Å². The molecule has 0 saturated heterocycles. The van der Waals surface area contributed by atoms with Crippen LogP contribution < -0.4 is 10.6 Å². The number of hydrogen-bond acceptors (Lipinski definition) is 1. The molecule has 0 radical (unpaired) electrons. The van der Waals surface area contributed by atoms with E-state index in [9.17, 15) is 0 Å². The zero-order valence-electron chi connectivity index (χ0n) is 12.5. The molecule has 0 aliphatic carbocycles. The van der Waals surface area contributed by atoms with E-state index in [2.05, 4.69) is 78.9 Å². The quantitative estimate of drug-likeness (QED) is 0.660. The van der Waals surface area contributed by atoms with Crippen molar-refractivity contribution in [3.63, 3.8) is 0 Å². The number of fused-ring (bicyclic) bond motifs is 1. The summed E-state index contributed by atoms with van der Waals surface area (Å²) in [5.74, 6) is 0.871. The van der Waals surface area contributed by atoms with E-state index in [1.807, 2.05) is 0 Å². The van der Waals surface area contributed by atoms with Crippen LogP contribution in [-0.4, -0.2) is 18.5 Å². The van der Waals surface area contributed by atoms with Crippen molar-refractivity contribution in [2.75, 3.05) is 6.54 Å². The van der Waals surface area contributed by atoms with Crippen molar-refractivity contribution in [3.05, 3.63) is 48.0 Å². The van der Waals surface area contributed by atoms with Crippen LogP contribution in [0.25, 0.3) is 10.8 Å². The van der Waals surface area contributed by atoms with Crippen LogP contribution in [0.4, 0.5) is 0 Å². The summed E-state index contributed by atoms with van der Waals surface area (Å²) >= 11 is 0. The maximum atomic E-state index is 4.63. The van der Waals surface area contributed by atoms with Crippen molar-refractivity contribution in [3.8, 4) is 0 Å². The maximum Gasteiger partial charge on any atom is 0.191 e. The predicted molar refractivity (Wildman–Crippen MR) is 87.0 cm³/mol. The van der Waals surface area contributed by atoms with E-state index >= 15 is 0 Å². The van der Waals surface area contributed by atoms with E-state index < -0.39 is 0 Å². The molecule has 0 amide bonds. The molecule has 2 rings (SSSR count). The first kappa shape index (κ1) is 14.4. The van der Waals surface area contributed by atoms with Gasteiger partial charge in [-0.3, -0.25) is 0 Å². The van der Waals surface area contributed by atoms with Gasteiger partial charge in [-0.05, 0) is 43.2 Å². The highest BCUT2D eigenvalue weighted by molar-refractivity contribution is 5.83. The van der Waals surface area contributed by atoms with E-state index in [0.717, 1.165) is 12.5 Å². The van der Waals surface area contributed by atoms with E-state index in [1.54, 1.807) is 0 Å². The van der Waals surface area contributed by atoms with Crippen molar-refractivity contribution >= 4 is 16.7 Å². The summed E-state index contributed by atoms with van der Waals surface area (Å²) in [7, 11) is 0.